The maximum absolute atomic E-state index is 2.31. The number of rotatable bonds is 1. The van der Waals surface area contributed by atoms with Gasteiger partial charge in [0.1, 0.15) is 0 Å². The Morgan fingerprint density at radius 2 is 1.33 bits per heavy atom. The zero-order valence-corrected chi connectivity index (χ0v) is 9.27. The molecule has 1 aliphatic carbocycles. The van der Waals surface area contributed by atoms with E-state index in [1.54, 1.807) is 0 Å². The molecule has 1 aromatic carbocycles. The summed E-state index contributed by atoms with van der Waals surface area (Å²) < 4.78 is 0. The number of hydrogen-bond acceptors (Lipinski definition) is 0. The van der Waals surface area contributed by atoms with Gasteiger partial charge in [0, 0.05) is 5.92 Å². The standard InChI is InChI=1S/C15H16/c1-12-8-9-13(2)11-15(10-12)14-6-4-3-5-7-14/h3-11,15H,1-2H3. The lowest BCUT2D eigenvalue weighted by Gasteiger charge is -2.08. The molecule has 0 saturated carbocycles. The van der Waals surface area contributed by atoms with E-state index in [0.29, 0.717) is 5.92 Å². The minimum atomic E-state index is 0.418. The van der Waals surface area contributed by atoms with Gasteiger partial charge in [0.2, 0.25) is 0 Å². The van der Waals surface area contributed by atoms with Crippen molar-refractivity contribution in [3.05, 3.63) is 71.3 Å². The molecule has 1 aliphatic rings. The van der Waals surface area contributed by atoms with Gasteiger partial charge in [0.25, 0.3) is 0 Å². The predicted molar refractivity (Wildman–Crippen MR) is 65.8 cm³/mol. The van der Waals surface area contributed by atoms with Gasteiger partial charge < -0.3 is 0 Å². The molecule has 76 valence electrons. The van der Waals surface area contributed by atoms with E-state index in [1.807, 2.05) is 0 Å². The van der Waals surface area contributed by atoms with Crippen LogP contribution in [0, 0.1) is 0 Å². The lowest BCUT2D eigenvalue weighted by molar-refractivity contribution is 1.06. The van der Waals surface area contributed by atoms with Gasteiger partial charge in [-0.05, 0) is 19.4 Å². The van der Waals surface area contributed by atoms with Gasteiger partial charge in [-0.2, -0.15) is 0 Å². The first-order valence-corrected chi connectivity index (χ1v) is 5.35. The smallest absolute Gasteiger partial charge is 0.0209 e. The normalized spacial score (nSPS) is 16.9. The zero-order chi connectivity index (χ0) is 10.7. The highest BCUT2D eigenvalue weighted by molar-refractivity contribution is 5.39. The van der Waals surface area contributed by atoms with Crippen molar-refractivity contribution in [2.24, 2.45) is 0 Å². The van der Waals surface area contributed by atoms with Gasteiger partial charge in [-0.1, -0.05) is 65.8 Å². The molecule has 2 rings (SSSR count). The highest BCUT2D eigenvalue weighted by Crippen LogP contribution is 2.24. The molecule has 0 radical (unpaired) electrons. The van der Waals surface area contributed by atoms with Gasteiger partial charge in [0.05, 0.1) is 0 Å². The third-order valence-electron chi connectivity index (χ3n) is 2.68. The van der Waals surface area contributed by atoms with E-state index in [-0.39, 0.29) is 0 Å². The Hall–Kier alpha value is -1.56. The quantitative estimate of drug-likeness (QED) is 0.630. The fraction of sp³-hybridized carbons (Fsp3) is 0.200. The first-order valence-electron chi connectivity index (χ1n) is 5.35. The van der Waals surface area contributed by atoms with Crippen LogP contribution in [0.2, 0.25) is 0 Å². The highest BCUT2D eigenvalue weighted by Gasteiger charge is 2.06. The molecule has 1 aromatic rings. The molecule has 0 fully saturated rings. The second kappa shape index (κ2) is 4.31. The Kier molecular flexibility index (Phi) is 2.86. The summed E-state index contributed by atoms with van der Waals surface area (Å²) in [7, 11) is 0. The van der Waals surface area contributed by atoms with E-state index in [1.165, 1.54) is 16.7 Å². The Labute approximate surface area is 91.6 Å². The molecule has 0 atom stereocenters. The first kappa shape index (κ1) is 9.97. The summed E-state index contributed by atoms with van der Waals surface area (Å²) in [5.74, 6) is 0.418. The molecular weight excluding hydrogens is 180 g/mol. The molecule has 15 heavy (non-hydrogen) atoms. The number of allylic oxidation sites excluding steroid dienone is 6. The second-order valence-corrected chi connectivity index (χ2v) is 4.09. The van der Waals surface area contributed by atoms with E-state index in [4.69, 9.17) is 0 Å². The van der Waals surface area contributed by atoms with E-state index in [9.17, 15) is 0 Å². The van der Waals surface area contributed by atoms with Crippen molar-refractivity contribution in [2.45, 2.75) is 19.8 Å². The topological polar surface area (TPSA) is 0 Å². The van der Waals surface area contributed by atoms with Gasteiger partial charge >= 0.3 is 0 Å². The maximum atomic E-state index is 2.31. The van der Waals surface area contributed by atoms with Crippen LogP contribution in [-0.4, -0.2) is 0 Å². The summed E-state index contributed by atoms with van der Waals surface area (Å²) in [6.45, 7) is 4.30. The summed E-state index contributed by atoms with van der Waals surface area (Å²) in [5, 5.41) is 0. The van der Waals surface area contributed by atoms with Crippen LogP contribution in [0.3, 0.4) is 0 Å². The average Bonchev–Trinajstić information content (AvgIpc) is 2.42. The van der Waals surface area contributed by atoms with Crippen LogP contribution < -0.4 is 0 Å². The molecule has 0 aromatic heterocycles. The van der Waals surface area contributed by atoms with Crippen molar-refractivity contribution in [3.8, 4) is 0 Å². The van der Waals surface area contributed by atoms with Crippen LogP contribution in [0.25, 0.3) is 0 Å². The third kappa shape index (κ3) is 2.47. The van der Waals surface area contributed by atoms with Crippen molar-refractivity contribution >= 4 is 0 Å². The predicted octanol–water partition coefficient (Wildman–Crippen LogP) is 4.23. The van der Waals surface area contributed by atoms with Gasteiger partial charge in [-0.25, -0.2) is 0 Å². The van der Waals surface area contributed by atoms with Crippen molar-refractivity contribution in [2.75, 3.05) is 0 Å². The van der Waals surface area contributed by atoms with Gasteiger partial charge in [-0.3, -0.25) is 0 Å². The number of benzene rings is 1. The highest BCUT2D eigenvalue weighted by atomic mass is 14.1. The Morgan fingerprint density at radius 1 is 0.800 bits per heavy atom. The lowest BCUT2D eigenvalue weighted by atomic mass is 9.96. The molecule has 0 bridgehead atoms. The van der Waals surface area contributed by atoms with E-state index in [0.717, 1.165) is 0 Å². The Balaban J connectivity index is 2.38. The monoisotopic (exact) mass is 196 g/mol. The van der Waals surface area contributed by atoms with E-state index < -0.39 is 0 Å². The van der Waals surface area contributed by atoms with Crippen LogP contribution >= 0.6 is 0 Å². The summed E-state index contributed by atoms with van der Waals surface area (Å²) >= 11 is 0. The molecule has 0 N–H and O–H groups in total. The molecule has 0 spiro atoms. The molecule has 0 unspecified atom stereocenters. The first-order chi connectivity index (χ1) is 7.25. The van der Waals surface area contributed by atoms with Gasteiger partial charge in [-0.15, -0.1) is 0 Å². The minimum Gasteiger partial charge on any atom is -0.0703 e. The molecule has 0 heterocycles. The Morgan fingerprint density at radius 3 is 1.87 bits per heavy atom. The van der Waals surface area contributed by atoms with Crippen LogP contribution in [0.15, 0.2) is 65.8 Å². The van der Waals surface area contributed by atoms with Crippen LogP contribution in [-0.2, 0) is 0 Å². The SMILES string of the molecule is CC1=CC(c2ccccc2)C=C(C)C=C1. The van der Waals surface area contributed by atoms with Crippen LogP contribution in [0.5, 0.6) is 0 Å². The molecule has 0 nitrogen and oxygen atoms in total. The maximum Gasteiger partial charge on any atom is 0.0209 e. The molecule has 0 saturated heterocycles. The zero-order valence-electron chi connectivity index (χ0n) is 9.27. The molecular formula is C15H16. The van der Waals surface area contributed by atoms with E-state index >= 15 is 0 Å². The largest absolute Gasteiger partial charge is 0.0703 e. The molecule has 0 heteroatoms. The fourth-order valence-corrected chi connectivity index (χ4v) is 1.86. The van der Waals surface area contributed by atoms with Crippen molar-refractivity contribution in [3.63, 3.8) is 0 Å². The lowest BCUT2D eigenvalue weighted by Crippen LogP contribution is -1.91. The van der Waals surface area contributed by atoms with Gasteiger partial charge in [0.15, 0.2) is 0 Å². The van der Waals surface area contributed by atoms with E-state index in [2.05, 4.69) is 68.5 Å². The fourth-order valence-electron chi connectivity index (χ4n) is 1.86. The van der Waals surface area contributed by atoms with Crippen molar-refractivity contribution < 1.29 is 0 Å². The molecule has 0 aliphatic heterocycles. The summed E-state index contributed by atoms with van der Waals surface area (Å²) in [5.41, 5.74) is 4.02. The van der Waals surface area contributed by atoms with Crippen molar-refractivity contribution in [1.29, 1.82) is 0 Å². The summed E-state index contributed by atoms with van der Waals surface area (Å²) in [4.78, 5) is 0. The molecule has 0 amide bonds. The third-order valence-corrected chi connectivity index (χ3v) is 2.68. The average molecular weight is 196 g/mol. The Bertz CT molecular complexity index is 397. The van der Waals surface area contributed by atoms with Crippen molar-refractivity contribution in [1.82, 2.24) is 0 Å². The number of hydrogen-bond donors (Lipinski definition) is 0. The minimum absolute atomic E-state index is 0.418. The van der Waals surface area contributed by atoms with Crippen LogP contribution in [0.4, 0.5) is 0 Å². The van der Waals surface area contributed by atoms with Crippen LogP contribution in [0.1, 0.15) is 25.3 Å². The summed E-state index contributed by atoms with van der Waals surface area (Å²) in [6.07, 6.45) is 8.97. The summed E-state index contributed by atoms with van der Waals surface area (Å²) in [6, 6.07) is 10.6. The second-order valence-electron chi connectivity index (χ2n) is 4.09.